The van der Waals surface area contributed by atoms with Gasteiger partial charge >= 0.3 is 0 Å². The fourth-order valence-electron chi connectivity index (χ4n) is 3.78. The lowest BCUT2D eigenvalue weighted by atomic mass is 9.81. The molecule has 1 atom stereocenters. The third-order valence-corrected chi connectivity index (χ3v) is 5.28. The molecule has 0 aromatic heterocycles. The van der Waals surface area contributed by atoms with Crippen LogP contribution >= 0.6 is 0 Å². The maximum absolute atomic E-state index is 3.88. The molecule has 2 nitrogen and oxygen atoms in total. The SMILES string of the molecule is CN(CCNC(c1ccccc1)C1CCCCC1)C1CC1. The van der Waals surface area contributed by atoms with Crippen molar-refractivity contribution >= 4 is 0 Å². The van der Waals surface area contributed by atoms with E-state index >= 15 is 0 Å². The molecule has 2 fully saturated rings. The predicted molar refractivity (Wildman–Crippen MR) is 89.4 cm³/mol. The number of likely N-dealkylation sites (N-methyl/N-ethyl adjacent to an activating group) is 1. The first kappa shape index (κ1) is 15.1. The summed E-state index contributed by atoms with van der Waals surface area (Å²) >= 11 is 0. The second-order valence-electron chi connectivity index (χ2n) is 6.95. The highest BCUT2D eigenvalue weighted by Crippen LogP contribution is 2.34. The molecule has 116 valence electrons. The Morgan fingerprint density at radius 2 is 1.76 bits per heavy atom. The predicted octanol–water partition coefficient (Wildman–Crippen LogP) is 3.99. The first-order valence-corrected chi connectivity index (χ1v) is 8.83. The highest BCUT2D eigenvalue weighted by atomic mass is 15.2. The average Bonchev–Trinajstić information content (AvgIpc) is 3.38. The molecule has 0 radical (unpaired) electrons. The third kappa shape index (κ3) is 4.31. The van der Waals surface area contributed by atoms with Gasteiger partial charge in [-0.05, 0) is 44.2 Å². The van der Waals surface area contributed by atoms with Crippen LogP contribution in [0.5, 0.6) is 0 Å². The van der Waals surface area contributed by atoms with Gasteiger partial charge < -0.3 is 10.2 Å². The van der Waals surface area contributed by atoms with Crippen molar-refractivity contribution in [1.29, 1.82) is 0 Å². The first-order valence-electron chi connectivity index (χ1n) is 8.83. The summed E-state index contributed by atoms with van der Waals surface area (Å²) < 4.78 is 0. The molecule has 3 rings (SSSR count). The van der Waals surface area contributed by atoms with E-state index < -0.39 is 0 Å². The lowest BCUT2D eigenvalue weighted by Gasteiger charge is -2.32. The Hall–Kier alpha value is -0.860. The van der Waals surface area contributed by atoms with Crippen LogP contribution in [0.2, 0.25) is 0 Å². The van der Waals surface area contributed by atoms with E-state index in [1.54, 1.807) is 0 Å². The number of rotatable bonds is 7. The van der Waals surface area contributed by atoms with Crippen molar-refractivity contribution in [3.8, 4) is 0 Å². The van der Waals surface area contributed by atoms with E-state index in [1.165, 1.54) is 57.1 Å². The zero-order chi connectivity index (χ0) is 14.5. The van der Waals surface area contributed by atoms with E-state index in [9.17, 15) is 0 Å². The van der Waals surface area contributed by atoms with Gasteiger partial charge in [-0.2, -0.15) is 0 Å². The van der Waals surface area contributed by atoms with E-state index in [4.69, 9.17) is 0 Å². The fraction of sp³-hybridized carbons (Fsp3) is 0.684. The second-order valence-corrected chi connectivity index (χ2v) is 6.95. The van der Waals surface area contributed by atoms with E-state index in [1.807, 2.05) is 0 Å². The minimum absolute atomic E-state index is 0.555. The van der Waals surface area contributed by atoms with Gasteiger partial charge in [0, 0.05) is 25.2 Å². The van der Waals surface area contributed by atoms with E-state index in [0.717, 1.165) is 18.5 Å². The van der Waals surface area contributed by atoms with Gasteiger partial charge in [0.15, 0.2) is 0 Å². The summed E-state index contributed by atoms with van der Waals surface area (Å²) in [5.74, 6) is 0.826. The largest absolute Gasteiger partial charge is 0.308 e. The van der Waals surface area contributed by atoms with Crippen molar-refractivity contribution in [3.05, 3.63) is 35.9 Å². The molecular weight excluding hydrogens is 256 g/mol. The summed E-state index contributed by atoms with van der Waals surface area (Å²) in [7, 11) is 2.28. The van der Waals surface area contributed by atoms with Crippen LogP contribution in [-0.2, 0) is 0 Å². The molecule has 0 aliphatic heterocycles. The highest BCUT2D eigenvalue weighted by molar-refractivity contribution is 5.20. The molecule has 2 aliphatic rings. The monoisotopic (exact) mass is 286 g/mol. The Labute approximate surface area is 129 Å². The van der Waals surface area contributed by atoms with Crippen molar-refractivity contribution < 1.29 is 0 Å². The van der Waals surface area contributed by atoms with Crippen LogP contribution in [0.25, 0.3) is 0 Å². The average molecular weight is 286 g/mol. The van der Waals surface area contributed by atoms with Crippen LogP contribution in [-0.4, -0.2) is 31.1 Å². The van der Waals surface area contributed by atoms with E-state index in [2.05, 4.69) is 47.6 Å². The first-order chi connectivity index (χ1) is 10.3. The second kappa shape index (κ2) is 7.42. The molecule has 2 heteroatoms. The lowest BCUT2D eigenvalue weighted by molar-refractivity contribution is 0.254. The van der Waals surface area contributed by atoms with Gasteiger partial charge in [-0.1, -0.05) is 49.6 Å². The standard InChI is InChI=1S/C19H30N2/c1-21(18-12-13-18)15-14-20-19(16-8-4-2-5-9-16)17-10-6-3-7-11-17/h2,4-5,8-9,17-20H,3,6-7,10-15H2,1H3. The summed E-state index contributed by atoms with van der Waals surface area (Å²) in [6.45, 7) is 2.30. The summed E-state index contributed by atoms with van der Waals surface area (Å²) in [6, 6.07) is 12.5. The van der Waals surface area contributed by atoms with Crippen LogP contribution in [0, 0.1) is 5.92 Å². The number of nitrogens with zero attached hydrogens (tertiary/aromatic N) is 1. The Morgan fingerprint density at radius 3 is 2.43 bits per heavy atom. The van der Waals surface area contributed by atoms with Gasteiger partial charge in [0.05, 0.1) is 0 Å². The van der Waals surface area contributed by atoms with E-state index in [0.29, 0.717) is 6.04 Å². The Kier molecular flexibility index (Phi) is 5.32. The van der Waals surface area contributed by atoms with Crippen LogP contribution in [0.4, 0.5) is 0 Å². The lowest BCUT2D eigenvalue weighted by Crippen LogP contribution is -2.36. The zero-order valence-electron chi connectivity index (χ0n) is 13.4. The molecule has 1 unspecified atom stereocenters. The van der Waals surface area contributed by atoms with E-state index in [-0.39, 0.29) is 0 Å². The smallest absolute Gasteiger partial charge is 0.0349 e. The number of hydrogen-bond acceptors (Lipinski definition) is 2. The third-order valence-electron chi connectivity index (χ3n) is 5.28. The molecule has 1 aromatic carbocycles. The van der Waals surface area contributed by atoms with Crippen LogP contribution in [0.1, 0.15) is 56.6 Å². The van der Waals surface area contributed by atoms with Crippen molar-refractivity contribution in [2.45, 2.75) is 57.0 Å². The molecule has 0 saturated heterocycles. The number of benzene rings is 1. The Bertz CT molecular complexity index is 407. The maximum atomic E-state index is 3.88. The van der Waals surface area contributed by atoms with Crippen LogP contribution < -0.4 is 5.32 Å². The van der Waals surface area contributed by atoms with Gasteiger partial charge in [-0.25, -0.2) is 0 Å². The molecule has 0 amide bonds. The van der Waals surface area contributed by atoms with Crippen LogP contribution in [0.15, 0.2) is 30.3 Å². The van der Waals surface area contributed by atoms with Gasteiger partial charge in [0.25, 0.3) is 0 Å². The molecule has 1 N–H and O–H groups in total. The topological polar surface area (TPSA) is 15.3 Å². The normalized spacial score (nSPS) is 21.6. The summed E-state index contributed by atoms with van der Waals surface area (Å²) in [6.07, 6.45) is 9.86. The number of hydrogen-bond donors (Lipinski definition) is 1. The zero-order valence-corrected chi connectivity index (χ0v) is 13.4. The minimum Gasteiger partial charge on any atom is -0.308 e. The quantitative estimate of drug-likeness (QED) is 0.815. The highest BCUT2D eigenvalue weighted by Gasteiger charge is 2.27. The molecule has 0 spiro atoms. The molecule has 1 aromatic rings. The Balaban J connectivity index is 1.58. The van der Waals surface area contributed by atoms with Crippen molar-refractivity contribution in [2.24, 2.45) is 5.92 Å². The van der Waals surface area contributed by atoms with Gasteiger partial charge in [0.1, 0.15) is 0 Å². The molecule has 21 heavy (non-hydrogen) atoms. The summed E-state index contributed by atoms with van der Waals surface area (Å²) in [4.78, 5) is 2.52. The molecule has 2 saturated carbocycles. The molecular formula is C19H30N2. The minimum atomic E-state index is 0.555. The summed E-state index contributed by atoms with van der Waals surface area (Å²) in [5, 5.41) is 3.88. The molecule has 0 bridgehead atoms. The van der Waals surface area contributed by atoms with Gasteiger partial charge in [-0.3, -0.25) is 0 Å². The molecule has 0 heterocycles. The maximum Gasteiger partial charge on any atom is 0.0349 e. The van der Waals surface area contributed by atoms with Gasteiger partial charge in [-0.15, -0.1) is 0 Å². The molecule has 2 aliphatic carbocycles. The van der Waals surface area contributed by atoms with Crippen LogP contribution in [0.3, 0.4) is 0 Å². The van der Waals surface area contributed by atoms with Crippen molar-refractivity contribution in [3.63, 3.8) is 0 Å². The van der Waals surface area contributed by atoms with Gasteiger partial charge in [0.2, 0.25) is 0 Å². The number of nitrogens with one attached hydrogen (secondary N) is 1. The van der Waals surface area contributed by atoms with Crippen molar-refractivity contribution in [2.75, 3.05) is 20.1 Å². The summed E-state index contributed by atoms with van der Waals surface area (Å²) in [5.41, 5.74) is 1.48. The fourth-order valence-corrected chi connectivity index (χ4v) is 3.78. The Morgan fingerprint density at radius 1 is 1.05 bits per heavy atom. The van der Waals surface area contributed by atoms with Crippen molar-refractivity contribution in [1.82, 2.24) is 10.2 Å².